The van der Waals surface area contributed by atoms with Crippen LogP contribution in [0.4, 0.5) is 0 Å². The van der Waals surface area contributed by atoms with E-state index >= 15 is 0 Å². The van der Waals surface area contributed by atoms with Crippen molar-refractivity contribution in [3.63, 3.8) is 0 Å². The largest absolute Gasteiger partial charge is 0.381 e. The molecule has 0 radical (unpaired) electrons. The van der Waals surface area contributed by atoms with Gasteiger partial charge in [-0.25, -0.2) is 0 Å². The lowest BCUT2D eigenvalue weighted by molar-refractivity contribution is -0.0351. The van der Waals surface area contributed by atoms with E-state index in [-0.39, 0.29) is 0 Å². The van der Waals surface area contributed by atoms with Gasteiger partial charge in [0.05, 0.1) is 18.7 Å². The Bertz CT molecular complexity index is 206. The molecule has 0 unspecified atom stereocenters. The van der Waals surface area contributed by atoms with Gasteiger partial charge in [0.25, 0.3) is 0 Å². The third-order valence-electron chi connectivity index (χ3n) is 1.99. The van der Waals surface area contributed by atoms with Crippen molar-refractivity contribution in [3.05, 3.63) is 16.6 Å². The van der Waals surface area contributed by atoms with Gasteiger partial charge in [0.1, 0.15) is 0 Å². The fraction of sp³-hybridized carbons (Fsp3) is 0.625. The van der Waals surface area contributed by atoms with Crippen LogP contribution in [0.1, 0.15) is 11.3 Å². The zero-order valence-electron chi connectivity index (χ0n) is 6.32. The highest BCUT2D eigenvalue weighted by Crippen LogP contribution is 2.18. The lowest BCUT2D eigenvalue weighted by Crippen LogP contribution is -2.27. The van der Waals surface area contributed by atoms with Gasteiger partial charge < -0.3 is 4.74 Å². The first-order chi connectivity index (χ1) is 5.45. The Morgan fingerprint density at radius 3 is 3.09 bits per heavy atom. The molecule has 60 valence electrons. The molecule has 3 heteroatoms. The van der Waals surface area contributed by atoms with Gasteiger partial charge in [-0.2, -0.15) is 0 Å². The number of hydrogen-bond donors (Lipinski definition) is 0. The maximum atomic E-state index is 5.09. The van der Waals surface area contributed by atoms with Gasteiger partial charge in [0, 0.05) is 17.0 Å². The third-order valence-corrected chi connectivity index (χ3v) is 2.83. The highest BCUT2D eigenvalue weighted by molar-refractivity contribution is 7.09. The van der Waals surface area contributed by atoms with Crippen LogP contribution in [0.5, 0.6) is 0 Å². The second-order valence-electron chi connectivity index (χ2n) is 2.91. The van der Waals surface area contributed by atoms with Gasteiger partial charge in [-0.05, 0) is 12.8 Å². The Kier molecular flexibility index (Phi) is 2.19. The van der Waals surface area contributed by atoms with Crippen molar-refractivity contribution in [3.8, 4) is 0 Å². The van der Waals surface area contributed by atoms with Crippen molar-refractivity contribution in [1.29, 1.82) is 0 Å². The van der Waals surface area contributed by atoms with Crippen molar-refractivity contribution in [1.82, 2.24) is 4.98 Å². The summed E-state index contributed by atoms with van der Waals surface area (Å²) in [6.45, 7) is 1.94. The average Bonchev–Trinajstić information content (AvgIpc) is 2.36. The molecule has 1 saturated heterocycles. The number of thiazole rings is 1. The van der Waals surface area contributed by atoms with Gasteiger partial charge in [0.15, 0.2) is 0 Å². The van der Waals surface area contributed by atoms with Crippen LogP contribution in [0.2, 0.25) is 0 Å². The third kappa shape index (κ3) is 1.79. The minimum Gasteiger partial charge on any atom is -0.381 e. The van der Waals surface area contributed by atoms with E-state index in [1.54, 1.807) is 11.3 Å². The second kappa shape index (κ2) is 3.32. The van der Waals surface area contributed by atoms with Crippen molar-refractivity contribution in [2.75, 3.05) is 13.2 Å². The first-order valence-corrected chi connectivity index (χ1v) is 4.78. The number of hydrogen-bond acceptors (Lipinski definition) is 3. The van der Waals surface area contributed by atoms with Crippen LogP contribution in [-0.4, -0.2) is 18.2 Å². The summed E-state index contributed by atoms with van der Waals surface area (Å²) in [7, 11) is 0. The molecule has 1 aromatic rings. The van der Waals surface area contributed by atoms with Gasteiger partial charge in [-0.3, -0.25) is 4.98 Å². The Hall–Kier alpha value is -0.410. The molecule has 0 aliphatic carbocycles. The number of ether oxygens (including phenoxy) is 1. The van der Waals surface area contributed by atoms with Gasteiger partial charge in [-0.1, -0.05) is 0 Å². The maximum Gasteiger partial charge on any atom is 0.0794 e. The van der Waals surface area contributed by atoms with E-state index in [4.69, 9.17) is 4.74 Å². The summed E-state index contributed by atoms with van der Waals surface area (Å²) < 4.78 is 5.09. The molecule has 0 atom stereocenters. The number of nitrogens with zero attached hydrogens (tertiary/aromatic N) is 1. The average molecular weight is 169 g/mol. The molecule has 0 amide bonds. The first-order valence-electron chi connectivity index (χ1n) is 3.90. The summed E-state index contributed by atoms with van der Waals surface area (Å²) in [6, 6.07) is 0. The van der Waals surface area contributed by atoms with E-state index in [0.29, 0.717) is 0 Å². The highest BCUT2D eigenvalue weighted by Gasteiger charge is 2.17. The molecule has 2 nitrogen and oxygen atoms in total. The van der Waals surface area contributed by atoms with E-state index in [1.165, 1.54) is 17.7 Å². The van der Waals surface area contributed by atoms with E-state index in [0.717, 1.165) is 19.1 Å². The van der Waals surface area contributed by atoms with Crippen molar-refractivity contribution in [2.24, 2.45) is 5.92 Å². The molecule has 0 bridgehead atoms. The fourth-order valence-corrected chi connectivity index (χ4v) is 1.78. The number of aryl methyl sites for hydroxylation is 1. The molecular formula is C8H11NOS. The van der Waals surface area contributed by atoms with Gasteiger partial charge in [0.2, 0.25) is 0 Å². The summed E-state index contributed by atoms with van der Waals surface area (Å²) in [5, 5.41) is 0. The minimum absolute atomic E-state index is 0.817. The van der Waals surface area contributed by atoms with E-state index in [2.05, 4.69) is 4.98 Å². The fourth-order valence-electron chi connectivity index (χ4n) is 1.16. The molecular weight excluding hydrogens is 158 g/mol. The Labute approximate surface area is 70.2 Å². The monoisotopic (exact) mass is 169 g/mol. The van der Waals surface area contributed by atoms with Crippen LogP contribution in [0.15, 0.2) is 11.7 Å². The summed E-state index contributed by atoms with van der Waals surface area (Å²) >= 11 is 1.75. The molecule has 0 saturated carbocycles. The molecule has 2 rings (SSSR count). The summed E-state index contributed by atoms with van der Waals surface area (Å²) in [6.07, 6.45) is 4.41. The van der Waals surface area contributed by atoms with Crippen LogP contribution < -0.4 is 0 Å². The standard InChI is InChI=1S/C8H11NOS/c1(7-4-10-5-7)2-8-3-9-6-11-8/h3,6-7H,1-2,4-5H2. The lowest BCUT2D eigenvalue weighted by Gasteiger charge is -2.25. The lowest BCUT2D eigenvalue weighted by atomic mass is 10.0. The van der Waals surface area contributed by atoms with E-state index < -0.39 is 0 Å². The van der Waals surface area contributed by atoms with Crippen LogP contribution in [0.3, 0.4) is 0 Å². The molecule has 11 heavy (non-hydrogen) atoms. The Morgan fingerprint density at radius 1 is 1.64 bits per heavy atom. The molecule has 1 fully saturated rings. The zero-order valence-corrected chi connectivity index (χ0v) is 7.14. The van der Waals surface area contributed by atoms with Crippen LogP contribution in [-0.2, 0) is 11.2 Å². The normalized spacial score (nSPS) is 18.2. The van der Waals surface area contributed by atoms with E-state index in [9.17, 15) is 0 Å². The molecule has 0 aromatic carbocycles. The SMILES string of the molecule is c1ncc(CCC2COC2)s1. The van der Waals surface area contributed by atoms with E-state index in [1.807, 2.05) is 11.7 Å². The topological polar surface area (TPSA) is 22.1 Å². The molecule has 0 spiro atoms. The quantitative estimate of drug-likeness (QED) is 0.687. The zero-order chi connectivity index (χ0) is 7.52. The summed E-state index contributed by atoms with van der Waals surface area (Å²) in [5.74, 6) is 0.817. The van der Waals surface area contributed by atoms with Crippen molar-refractivity contribution in [2.45, 2.75) is 12.8 Å². The minimum atomic E-state index is 0.817. The molecule has 2 heterocycles. The first kappa shape index (κ1) is 7.25. The van der Waals surface area contributed by atoms with Crippen LogP contribution in [0, 0.1) is 5.92 Å². The second-order valence-corrected chi connectivity index (χ2v) is 3.88. The Balaban J connectivity index is 1.74. The molecule has 1 aliphatic heterocycles. The van der Waals surface area contributed by atoms with Crippen LogP contribution >= 0.6 is 11.3 Å². The maximum absolute atomic E-state index is 5.09. The molecule has 1 aromatic heterocycles. The number of rotatable bonds is 3. The van der Waals surface area contributed by atoms with Crippen molar-refractivity contribution >= 4 is 11.3 Å². The van der Waals surface area contributed by atoms with Crippen LogP contribution in [0.25, 0.3) is 0 Å². The highest BCUT2D eigenvalue weighted by atomic mass is 32.1. The predicted octanol–water partition coefficient (Wildman–Crippen LogP) is 1.72. The molecule has 0 N–H and O–H groups in total. The van der Waals surface area contributed by atoms with Crippen molar-refractivity contribution < 1.29 is 4.74 Å². The smallest absolute Gasteiger partial charge is 0.0794 e. The summed E-state index contributed by atoms with van der Waals surface area (Å²) in [4.78, 5) is 5.43. The predicted molar refractivity (Wildman–Crippen MR) is 44.7 cm³/mol. The van der Waals surface area contributed by atoms with Gasteiger partial charge in [-0.15, -0.1) is 11.3 Å². The summed E-state index contributed by atoms with van der Waals surface area (Å²) in [5.41, 5.74) is 1.90. The molecule has 1 aliphatic rings. The Morgan fingerprint density at radius 2 is 2.55 bits per heavy atom. The number of aromatic nitrogens is 1. The van der Waals surface area contributed by atoms with Gasteiger partial charge >= 0.3 is 0 Å².